The molecule has 1 atom stereocenters. The molecule has 1 aromatic rings. The van der Waals surface area contributed by atoms with Gasteiger partial charge in [0.05, 0.1) is 0 Å². The lowest BCUT2D eigenvalue weighted by Crippen LogP contribution is -2.52. The summed E-state index contributed by atoms with van der Waals surface area (Å²) in [6.45, 7) is 14.6. The molecule has 1 aliphatic rings. The lowest BCUT2D eigenvalue weighted by molar-refractivity contribution is 0.120. The molecule has 1 heterocycles. The summed E-state index contributed by atoms with van der Waals surface area (Å²) in [6, 6.07) is 8.64. The Bertz CT molecular complexity index is 609. The minimum absolute atomic E-state index is 0. The Kier molecular flexibility index (Phi) is 10.5. The Balaban J connectivity index is 0.00000392. The van der Waals surface area contributed by atoms with Gasteiger partial charge >= 0.3 is 0 Å². The molecule has 0 aliphatic carbocycles. The Labute approximate surface area is 188 Å². The number of ether oxygens (including phenoxy) is 1. The van der Waals surface area contributed by atoms with Crippen LogP contribution in [0.4, 0.5) is 0 Å². The number of rotatable bonds is 6. The largest absolute Gasteiger partial charge is 0.488 e. The first-order valence-electron chi connectivity index (χ1n) is 9.92. The van der Waals surface area contributed by atoms with Crippen LogP contribution in [0.3, 0.4) is 0 Å². The summed E-state index contributed by atoms with van der Waals surface area (Å²) in [4.78, 5) is 9.28. The second kappa shape index (κ2) is 11.8. The maximum Gasteiger partial charge on any atom is 0.191 e. The smallest absolute Gasteiger partial charge is 0.191 e. The van der Waals surface area contributed by atoms with Crippen LogP contribution in [0.5, 0.6) is 5.75 Å². The summed E-state index contributed by atoms with van der Waals surface area (Å²) in [5.74, 6) is 1.74. The van der Waals surface area contributed by atoms with E-state index in [1.807, 2.05) is 25.2 Å². The van der Waals surface area contributed by atoms with Crippen LogP contribution in [0.15, 0.2) is 29.3 Å². The van der Waals surface area contributed by atoms with Crippen LogP contribution in [0.2, 0.25) is 0 Å². The van der Waals surface area contributed by atoms with Crippen LogP contribution in [0.25, 0.3) is 0 Å². The maximum absolute atomic E-state index is 6.07. The van der Waals surface area contributed by atoms with Crippen LogP contribution >= 0.6 is 24.0 Å². The molecule has 1 fully saturated rings. The monoisotopic (exact) mass is 503 g/mol. The highest BCUT2D eigenvalue weighted by atomic mass is 127. The third kappa shape index (κ3) is 8.53. The highest BCUT2D eigenvalue weighted by molar-refractivity contribution is 14.0. The van der Waals surface area contributed by atoms with Crippen LogP contribution in [-0.4, -0.2) is 74.2 Å². The number of hydrogen-bond donors (Lipinski definition) is 2. The molecule has 7 heteroatoms. The second-order valence-electron chi connectivity index (χ2n) is 8.32. The van der Waals surface area contributed by atoms with E-state index in [9.17, 15) is 0 Å². The van der Waals surface area contributed by atoms with Gasteiger partial charge in [0.1, 0.15) is 11.4 Å². The molecule has 1 saturated heterocycles. The number of hydrogen-bond acceptors (Lipinski definition) is 4. The zero-order valence-electron chi connectivity index (χ0n) is 18.3. The van der Waals surface area contributed by atoms with Crippen molar-refractivity contribution in [3.05, 3.63) is 29.8 Å². The molecule has 0 amide bonds. The zero-order chi connectivity index (χ0) is 19.9. The average Bonchev–Trinajstić information content (AvgIpc) is 2.62. The highest BCUT2D eigenvalue weighted by Crippen LogP contribution is 2.22. The molecule has 2 rings (SSSR count). The summed E-state index contributed by atoms with van der Waals surface area (Å²) in [7, 11) is 4.00. The van der Waals surface area contributed by atoms with Gasteiger partial charge in [0.15, 0.2) is 5.96 Å². The van der Waals surface area contributed by atoms with E-state index in [2.05, 4.69) is 66.2 Å². The second-order valence-corrected chi connectivity index (χ2v) is 8.32. The quantitative estimate of drug-likeness (QED) is 0.355. The van der Waals surface area contributed by atoms with E-state index in [1.165, 1.54) is 0 Å². The molecule has 6 nitrogen and oxygen atoms in total. The van der Waals surface area contributed by atoms with E-state index in [-0.39, 0.29) is 29.6 Å². The summed E-state index contributed by atoms with van der Waals surface area (Å²) in [6.07, 6.45) is 0. The fraction of sp³-hybridized carbons (Fsp3) is 0.667. The van der Waals surface area contributed by atoms with Gasteiger partial charge < -0.3 is 20.3 Å². The highest BCUT2D eigenvalue weighted by Gasteiger charge is 2.19. The van der Waals surface area contributed by atoms with Crippen molar-refractivity contribution in [3.8, 4) is 5.75 Å². The minimum Gasteiger partial charge on any atom is -0.488 e. The van der Waals surface area contributed by atoms with Gasteiger partial charge in [0, 0.05) is 57.9 Å². The third-order valence-corrected chi connectivity index (χ3v) is 4.78. The van der Waals surface area contributed by atoms with Crippen molar-refractivity contribution < 1.29 is 4.74 Å². The van der Waals surface area contributed by atoms with Crippen molar-refractivity contribution in [2.45, 2.75) is 45.9 Å². The van der Waals surface area contributed by atoms with Gasteiger partial charge in [-0.3, -0.25) is 9.89 Å². The number of nitrogens with one attached hydrogen (secondary N) is 2. The summed E-state index contributed by atoms with van der Waals surface area (Å²) in [5.41, 5.74) is 0.913. The van der Waals surface area contributed by atoms with Crippen molar-refractivity contribution in [1.82, 2.24) is 20.4 Å². The minimum atomic E-state index is -0.214. The van der Waals surface area contributed by atoms with Gasteiger partial charge in [-0.2, -0.15) is 0 Å². The first-order chi connectivity index (χ1) is 12.8. The molecule has 0 spiro atoms. The molecular weight excluding hydrogens is 465 g/mol. The Morgan fingerprint density at radius 1 is 1.14 bits per heavy atom. The zero-order valence-corrected chi connectivity index (χ0v) is 20.6. The molecule has 2 N–H and O–H groups in total. The van der Waals surface area contributed by atoms with Crippen molar-refractivity contribution >= 4 is 29.9 Å². The number of nitrogens with zero attached hydrogens (tertiary/aromatic N) is 3. The Hall–Kier alpha value is -1.06. The van der Waals surface area contributed by atoms with E-state index in [4.69, 9.17) is 4.74 Å². The van der Waals surface area contributed by atoms with Gasteiger partial charge in [-0.1, -0.05) is 18.2 Å². The molecular formula is C21H38IN5O. The van der Waals surface area contributed by atoms with Crippen molar-refractivity contribution in [2.24, 2.45) is 4.99 Å². The first kappa shape index (κ1) is 25.0. The summed E-state index contributed by atoms with van der Waals surface area (Å²) in [5, 5.41) is 6.87. The molecule has 0 saturated carbocycles. The summed E-state index contributed by atoms with van der Waals surface area (Å²) < 4.78 is 6.07. The number of halogens is 1. The number of guanidine groups is 1. The van der Waals surface area contributed by atoms with Gasteiger partial charge in [-0.15, -0.1) is 24.0 Å². The third-order valence-electron chi connectivity index (χ3n) is 4.78. The number of para-hydroxylation sites is 1. The van der Waals surface area contributed by atoms with Gasteiger partial charge in [0.2, 0.25) is 0 Å². The molecule has 28 heavy (non-hydrogen) atoms. The van der Waals surface area contributed by atoms with Gasteiger partial charge in [0.25, 0.3) is 0 Å². The van der Waals surface area contributed by atoms with E-state index < -0.39 is 0 Å². The Morgan fingerprint density at radius 2 is 1.79 bits per heavy atom. The van der Waals surface area contributed by atoms with Crippen molar-refractivity contribution in [1.29, 1.82) is 0 Å². The van der Waals surface area contributed by atoms with E-state index in [1.54, 1.807) is 0 Å². The van der Waals surface area contributed by atoms with Crippen LogP contribution in [-0.2, 0) is 6.54 Å². The molecule has 0 aromatic heterocycles. The number of piperazine rings is 1. The number of benzene rings is 1. The fourth-order valence-electron chi connectivity index (χ4n) is 3.12. The molecule has 160 valence electrons. The lowest BCUT2D eigenvalue weighted by atomic mass is 10.1. The fourth-order valence-corrected chi connectivity index (χ4v) is 3.12. The summed E-state index contributed by atoms with van der Waals surface area (Å²) >= 11 is 0. The van der Waals surface area contributed by atoms with Crippen LogP contribution in [0, 0.1) is 0 Å². The molecule has 0 radical (unpaired) electrons. The maximum atomic E-state index is 6.07. The Morgan fingerprint density at radius 3 is 2.39 bits per heavy atom. The predicted octanol–water partition coefficient (Wildman–Crippen LogP) is 2.78. The van der Waals surface area contributed by atoms with Crippen LogP contribution < -0.4 is 15.4 Å². The predicted molar refractivity (Wildman–Crippen MR) is 129 cm³/mol. The number of likely N-dealkylation sites (N-methyl/N-ethyl adjacent to an activating group) is 1. The van der Waals surface area contributed by atoms with Crippen molar-refractivity contribution in [3.63, 3.8) is 0 Å². The van der Waals surface area contributed by atoms with Crippen molar-refractivity contribution in [2.75, 3.05) is 46.8 Å². The molecule has 0 bridgehead atoms. The van der Waals surface area contributed by atoms with Crippen LogP contribution in [0.1, 0.15) is 33.3 Å². The average molecular weight is 503 g/mol. The normalized spacial score (nSPS) is 17.6. The molecule has 1 unspecified atom stereocenters. The SMILES string of the molecule is CN=C(NCc1ccccc1OC(C)(C)C)NCC(C)N1CCN(C)CC1.I. The number of aliphatic imine (C=N–C) groups is 1. The van der Waals surface area contributed by atoms with E-state index >= 15 is 0 Å². The topological polar surface area (TPSA) is 52.1 Å². The van der Waals surface area contributed by atoms with Gasteiger partial charge in [-0.25, -0.2) is 0 Å². The van der Waals surface area contributed by atoms with Gasteiger partial charge in [-0.05, 0) is 40.8 Å². The lowest BCUT2D eigenvalue weighted by Gasteiger charge is -2.36. The van der Waals surface area contributed by atoms with E-state index in [0.717, 1.165) is 50.0 Å². The molecule has 1 aromatic carbocycles. The standard InChI is InChI=1S/C21H37N5O.HI/c1-17(26-13-11-25(6)12-14-26)15-23-20(22-5)24-16-18-9-7-8-10-19(18)27-21(2,3)4;/h7-10,17H,11-16H2,1-6H3,(H2,22,23,24);1H. The molecule has 1 aliphatic heterocycles. The first-order valence-corrected chi connectivity index (χ1v) is 9.92. The van der Waals surface area contributed by atoms with E-state index in [0.29, 0.717) is 12.6 Å².